The minimum atomic E-state index is -3.60. The lowest BCUT2D eigenvalue weighted by Gasteiger charge is -2.30. The Morgan fingerprint density at radius 2 is 2.00 bits per heavy atom. The van der Waals surface area contributed by atoms with E-state index in [4.69, 9.17) is 4.74 Å². The molecule has 0 bridgehead atoms. The van der Waals surface area contributed by atoms with Gasteiger partial charge in [0.05, 0.1) is 11.0 Å². The maximum Gasteiger partial charge on any atom is 0.251 e. The van der Waals surface area contributed by atoms with Crippen molar-refractivity contribution in [2.75, 3.05) is 26.2 Å². The van der Waals surface area contributed by atoms with Crippen LogP contribution in [-0.4, -0.2) is 52.7 Å². The van der Waals surface area contributed by atoms with E-state index < -0.39 is 10.0 Å². The van der Waals surface area contributed by atoms with Crippen molar-refractivity contribution in [1.82, 2.24) is 15.4 Å². The number of amides is 1. The van der Waals surface area contributed by atoms with E-state index in [9.17, 15) is 13.2 Å². The van der Waals surface area contributed by atoms with Gasteiger partial charge >= 0.3 is 0 Å². The van der Waals surface area contributed by atoms with E-state index in [1.54, 1.807) is 12.1 Å². The molecular weight excluding hydrogens is 390 g/mol. The van der Waals surface area contributed by atoms with Gasteiger partial charge in [-0.25, -0.2) is 13.1 Å². The van der Waals surface area contributed by atoms with E-state index in [2.05, 4.69) is 22.3 Å². The average molecular weight is 418 g/mol. The Labute approximate surface area is 167 Å². The third-order valence-electron chi connectivity index (χ3n) is 5.05. The lowest BCUT2D eigenvalue weighted by Crippen LogP contribution is -2.48. The first kappa shape index (κ1) is 22.1. The summed E-state index contributed by atoms with van der Waals surface area (Å²) in [6, 6.07) is 6.20. The van der Waals surface area contributed by atoms with Gasteiger partial charge in [0.1, 0.15) is 0 Å². The second kappa shape index (κ2) is 9.84. The summed E-state index contributed by atoms with van der Waals surface area (Å²) in [5.74, 6) is 0.203. The summed E-state index contributed by atoms with van der Waals surface area (Å²) in [5.41, 5.74) is 0.466. The summed E-state index contributed by atoms with van der Waals surface area (Å²) in [5, 5.41) is 6.34. The van der Waals surface area contributed by atoms with Gasteiger partial charge in [-0.15, -0.1) is 12.4 Å². The Bertz CT molecular complexity index is 721. The molecule has 0 aliphatic carbocycles. The fourth-order valence-corrected chi connectivity index (χ4v) is 4.42. The van der Waals surface area contributed by atoms with Crippen molar-refractivity contribution >= 4 is 28.3 Å². The van der Waals surface area contributed by atoms with Crippen molar-refractivity contribution < 1.29 is 17.9 Å². The van der Waals surface area contributed by atoms with Gasteiger partial charge in [0.2, 0.25) is 10.0 Å². The Balaban J connectivity index is 0.00000261. The summed E-state index contributed by atoms with van der Waals surface area (Å²) in [6.45, 7) is 4.85. The van der Waals surface area contributed by atoms with E-state index >= 15 is 0 Å². The smallest absolute Gasteiger partial charge is 0.251 e. The molecule has 1 aromatic rings. The number of piperidine rings is 1. The van der Waals surface area contributed by atoms with Crippen LogP contribution in [0.5, 0.6) is 0 Å². The number of halogens is 1. The fourth-order valence-electron chi connectivity index (χ4n) is 3.36. The molecule has 152 valence electrons. The molecule has 0 aromatic heterocycles. The third-order valence-corrected chi connectivity index (χ3v) is 6.49. The summed E-state index contributed by atoms with van der Waals surface area (Å²) >= 11 is 0. The molecule has 2 aliphatic heterocycles. The molecule has 3 N–H and O–H groups in total. The Kier molecular flexibility index (Phi) is 8.05. The molecule has 2 heterocycles. The highest BCUT2D eigenvalue weighted by Gasteiger charge is 2.24. The van der Waals surface area contributed by atoms with Crippen LogP contribution in [0.15, 0.2) is 29.2 Å². The molecule has 1 aromatic carbocycles. The number of carbonyl (C=O) groups is 1. The number of hydrogen-bond donors (Lipinski definition) is 3. The molecule has 0 radical (unpaired) electrons. The predicted octanol–water partition coefficient (Wildman–Crippen LogP) is 1.29. The molecule has 3 rings (SSSR count). The number of ether oxygens (including phenoxy) is 1. The summed E-state index contributed by atoms with van der Waals surface area (Å²) in [7, 11) is -3.60. The number of hydrogen-bond acceptors (Lipinski definition) is 5. The largest absolute Gasteiger partial charge is 0.377 e. The van der Waals surface area contributed by atoms with Gasteiger partial charge in [0, 0.05) is 24.8 Å². The molecular formula is C18H28ClN3O4S. The van der Waals surface area contributed by atoms with Crippen LogP contribution in [0.2, 0.25) is 0 Å². The zero-order valence-electron chi connectivity index (χ0n) is 15.4. The zero-order valence-corrected chi connectivity index (χ0v) is 17.1. The van der Waals surface area contributed by atoms with Crippen LogP contribution in [0.3, 0.4) is 0 Å². The topological polar surface area (TPSA) is 96.5 Å². The zero-order chi connectivity index (χ0) is 18.6. The minimum absolute atomic E-state index is 0. The quantitative estimate of drug-likeness (QED) is 0.648. The average Bonchev–Trinajstić information content (AvgIpc) is 3.16. The number of sulfonamides is 1. The lowest BCUT2D eigenvalue weighted by atomic mass is 9.95. The molecule has 27 heavy (non-hydrogen) atoms. The van der Waals surface area contributed by atoms with Crippen molar-refractivity contribution in [2.45, 2.75) is 43.2 Å². The summed E-state index contributed by atoms with van der Waals surface area (Å²) in [6.07, 6.45) is 2.68. The molecule has 2 saturated heterocycles. The molecule has 1 amide bonds. The van der Waals surface area contributed by atoms with E-state index in [0.717, 1.165) is 32.4 Å². The van der Waals surface area contributed by atoms with Crippen LogP contribution >= 0.6 is 12.4 Å². The molecule has 9 heteroatoms. The maximum absolute atomic E-state index is 12.4. The van der Waals surface area contributed by atoms with Gasteiger partial charge < -0.3 is 15.4 Å². The molecule has 0 spiro atoms. The normalized spacial score (nSPS) is 25.6. The highest BCUT2D eigenvalue weighted by molar-refractivity contribution is 7.89. The van der Waals surface area contributed by atoms with Crippen molar-refractivity contribution in [1.29, 1.82) is 0 Å². The highest BCUT2D eigenvalue weighted by Crippen LogP contribution is 2.15. The van der Waals surface area contributed by atoms with Crippen molar-refractivity contribution in [3.8, 4) is 0 Å². The van der Waals surface area contributed by atoms with Gasteiger partial charge in [-0.05, 0) is 62.5 Å². The van der Waals surface area contributed by atoms with E-state index in [1.807, 2.05) is 0 Å². The third kappa shape index (κ3) is 5.89. The molecule has 2 aliphatic rings. The second-order valence-electron chi connectivity index (χ2n) is 7.06. The number of nitrogens with one attached hydrogen (secondary N) is 3. The van der Waals surface area contributed by atoms with Crippen molar-refractivity contribution in [3.05, 3.63) is 29.8 Å². The maximum atomic E-state index is 12.4. The number of benzene rings is 1. The molecule has 3 atom stereocenters. The van der Waals surface area contributed by atoms with Crippen LogP contribution in [-0.2, 0) is 14.8 Å². The van der Waals surface area contributed by atoms with Gasteiger partial charge in [0.25, 0.3) is 5.91 Å². The van der Waals surface area contributed by atoms with E-state index in [0.29, 0.717) is 18.1 Å². The van der Waals surface area contributed by atoms with Crippen LogP contribution in [0.4, 0.5) is 0 Å². The minimum Gasteiger partial charge on any atom is -0.377 e. The first-order valence-corrected chi connectivity index (χ1v) is 10.7. The molecule has 0 saturated carbocycles. The van der Waals surface area contributed by atoms with Gasteiger partial charge in [-0.1, -0.05) is 6.92 Å². The predicted molar refractivity (Wildman–Crippen MR) is 106 cm³/mol. The SMILES string of the molecule is CC1CNCCC1NC(=O)c1ccc(S(=O)(=O)NCC2CCCO2)cc1.Cl. The van der Waals surface area contributed by atoms with Crippen LogP contribution < -0.4 is 15.4 Å². The Hall–Kier alpha value is -1.19. The standard InChI is InChI=1S/C18H27N3O4S.ClH/c1-13-11-19-9-8-17(13)21-18(22)14-4-6-16(7-5-14)26(23,24)20-12-15-3-2-10-25-15;/h4-7,13,15,17,19-20H,2-3,8-12H2,1H3,(H,21,22);1H. The van der Waals surface area contributed by atoms with E-state index in [1.165, 1.54) is 12.1 Å². The molecule has 3 unspecified atom stereocenters. The van der Waals surface area contributed by atoms with Crippen molar-refractivity contribution in [2.24, 2.45) is 5.92 Å². The van der Waals surface area contributed by atoms with Gasteiger partial charge in [-0.3, -0.25) is 4.79 Å². The fraction of sp³-hybridized carbons (Fsp3) is 0.611. The lowest BCUT2D eigenvalue weighted by molar-refractivity contribution is 0.0914. The Morgan fingerprint density at radius 3 is 2.63 bits per heavy atom. The van der Waals surface area contributed by atoms with Crippen LogP contribution in [0.1, 0.15) is 36.5 Å². The first-order chi connectivity index (χ1) is 12.5. The summed E-state index contributed by atoms with van der Waals surface area (Å²) in [4.78, 5) is 12.6. The monoisotopic (exact) mass is 417 g/mol. The second-order valence-corrected chi connectivity index (χ2v) is 8.83. The van der Waals surface area contributed by atoms with E-state index in [-0.39, 0.29) is 41.9 Å². The Morgan fingerprint density at radius 1 is 1.26 bits per heavy atom. The van der Waals surface area contributed by atoms with Gasteiger partial charge in [0.15, 0.2) is 0 Å². The van der Waals surface area contributed by atoms with Crippen LogP contribution in [0.25, 0.3) is 0 Å². The van der Waals surface area contributed by atoms with Crippen molar-refractivity contribution in [3.63, 3.8) is 0 Å². The number of rotatable bonds is 6. The summed E-state index contributed by atoms with van der Waals surface area (Å²) < 4.78 is 32.7. The molecule has 7 nitrogen and oxygen atoms in total. The highest BCUT2D eigenvalue weighted by atomic mass is 35.5. The number of carbonyl (C=O) groups excluding carboxylic acids is 1. The first-order valence-electron chi connectivity index (χ1n) is 9.18. The van der Waals surface area contributed by atoms with Crippen LogP contribution in [0, 0.1) is 5.92 Å². The van der Waals surface area contributed by atoms with Gasteiger partial charge in [-0.2, -0.15) is 0 Å². The molecule has 2 fully saturated rings.